The van der Waals surface area contributed by atoms with Gasteiger partial charge in [-0.15, -0.1) is 11.3 Å². The molecule has 0 radical (unpaired) electrons. The standard InChI is InChI=1S/C17H19N3O3S2/c1-4-23-14-7-5-13(6-8-14)20-25(21,22)16-10-9-15(24-16)17-11(2)12(3)18-19-17/h5-10,20H,4H2,1-3H3,(H,18,19). The lowest BCUT2D eigenvalue weighted by Crippen LogP contribution is -2.11. The summed E-state index contributed by atoms with van der Waals surface area (Å²) in [5, 5.41) is 7.17. The zero-order valence-corrected chi connectivity index (χ0v) is 15.8. The Bertz CT molecular complexity index is 973. The van der Waals surface area contributed by atoms with Gasteiger partial charge >= 0.3 is 0 Å². The van der Waals surface area contributed by atoms with Crippen LogP contribution in [0.25, 0.3) is 10.6 Å². The molecule has 0 amide bonds. The molecule has 132 valence electrons. The van der Waals surface area contributed by atoms with Gasteiger partial charge in [0.15, 0.2) is 0 Å². The van der Waals surface area contributed by atoms with Crippen molar-refractivity contribution in [3.8, 4) is 16.3 Å². The second kappa shape index (κ2) is 6.89. The molecule has 2 N–H and O–H groups in total. The lowest BCUT2D eigenvalue weighted by molar-refractivity contribution is 0.340. The minimum absolute atomic E-state index is 0.247. The highest BCUT2D eigenvalue weighted by atomic mass is 32.2. The summed E-state index contributed by atoms with van der Waals surface area (Å²) in [6.07, 6.45) is 0. The second-order valence-electron chi connectivity index (χ2n) is 5.50. The van der Waals surface area contributed by atoms with Crippen LogP contribution in [0, 0.1) is 13.8 Å². The predicted octanol–water partition coefficient (Wildman–Crippen LogP) is 3.95. The second-order valence-corrected chi connectivity index (χ2v) is 8.50. The van der Waals surface area contributed by atoms with Gasteiger partial charge in [-0.2, -0.15) is 5.10 Å². The molecule has 1 aromatic carbocycles. The van der Waals surface area contributed by atoms with Gasteiger partial charge in [0.25, 0.3) is 10.0 Å². The SMILES string of the molecule is CCOc1ccc(NS(=O)(=O)c2ccc(-c3n[nH]c(C)c3C)s2)cc1. The number of H-pyrrole nitrogens is 1. The van der Waals surface area contributed by atoms with Crippen LogP contribution in [-0.4, -0.2) is 25.2 Å². The van der Waals surface area contributed by atoms with Crippen molar-refractivity contribution in [1.82, 2.24) is 10.2 Å². The number of hydrogen-bond donors (Lipinski definition) is 2. The van der Waals surface area contributed by atoms with Gasteiger partial charge in [0.05, 0.1) is 11.5 Å². The number of sulfonamides is 1. The molecule has 0 unspecified atom stereocenters. The molecule has 0 saturated heterocycles. The van der Waals surface area contributed by atoms with Crippen molar-refractivity contribution in [2.45, 2.75) is 25.0 Å². The number of aryl methyl sites for hydroxylation is 1. The first-order valence-electron chi connectivity index (χ1n) is 7.78. The van der Waals surface area contributed by atoms with Crippen LogP contribution in [0.2, 0.25) is 0 Å². The number of thiophene rings is 1. The molecule has 2 heterocycles. The third-order valence-corrected chi connectivity index (χ3v) is 6.72. The minimum Gasteiger partial charge on any atom is -0.494 e. The number of hydrogen-bond acceptors (Lipinski definition) is 5. The Morgan fingerprint density at radius 2 is 1.88 bits per heavy atom. The van der Waals surface area contributed by atoms with E-state index < -0.39 is 10.0 Å². The van der Waals surface area contributed by atoms with Gasteiger partial charge in [-0.25, -0.2) is 8.42 Å². The zero-order valence-electron chi connectivity index (χ0n) is 14.2. The highest BCUT2D eigenvalue weighted by Crippen LogP contribution is 2.33. The van der Waals surface area contributed by atoms with Crippen molar-refractivity contribution >= 4 is 27.0 Å². The number of aromatic amines is 1. The first-order chi connectivity index (χ1) is 11.9. The third-order valence-electron chi connectivity index (χ3n) is 3.75. The molecule has 0 atom stereocenters. The number of benzene rings is 1. The molecular formula is C17H19N3O3S2. The molecule has 0 aliphatic heterocycles. The molecule has 0 saturated carbocycles. The lowest BCUT2D eigenvalue weighted by atomic mass is 10.2. The van der Waals surface area contributed by atoms with Crippen molar-refractivity contribution in [3.63, 3.8) is 0 Å². The highest BCUT2D eigenvalue weighted by molar-refractivity contribution is 7.94. The van der Waals surface area contributed by atoms with E-state index in [1.54, 1.807) is 36.4 Å². The molecule has 2 aromatic heterocycles. The van der Waals surface area contributed by atoms with Crippen LogP contribution in [0.15, 0.2) is 40.6 Å². The lowest BCUT2D eigenvalue weighted by Gasteiger charge is -2.07. The number of ether oxygens (including phenoxy) is 1. The Balaban J connectivity index is 1.82. The van der Waals surface area contributed by atoms with Crippen LogP contribution in [0.1, 0.15) is 18.2 Å². The van der Waals surface area contributed by atoms with E-state index >= 15 is 0 Å². The van der Waals surface area contributed by atoms with E-state index in [2.05, 4.69) is 14.9 Å². The maximum absolute atomic E-state index is 12.6. The topological polar surface area (TPSA) is 84.1 Å². The summed E-state index contributed by atoms with van der Waals surface area (Å²) in [5.74, 6) is 0.702. The van der Waals surface area contributed by atoms with Crippen LogP contribution < -0.4 is 9.46 Å². The number of aromatic nitrogens is 2. The van der Waals surface area contributed by atoms with Crippen molar-refractivity contribution < 1.29 is 13.2 Å². The summed E-state index contributed by atoms with van der Waals surface area (Å²) in [4.78, 5) is 0.814. The molecule has 0 spiro atoms. The smallest absolute Gasteiger partial charge is 0.271 e. The van der Waals surface area contributed by atoms with E-state index in [1.807, 2.05) is 20.8 Å². The Morgan fingerprint density at radius 3 is 2.48 bits per heavy atom. The van der Waals surface area contributed by atoms with Crippen molar-refractivity contribution in [3.05, 3.63) is 47.7 Å². The molecule has 8 heteroatoms. The van der Waals surface area contributed by atoms with Crippen LogP contribution in [0.4, 0.5) is 5.69 Å². The summed E-state index contributed by atoms with van der Waals surface area (Å²) < 4.78 is 33.4. The first-order valence-corrected chi connectivity index (χ1v) is 10.1. The number of nitrogens with one attached hydrogen (secondary N) is 2. The normalized spacial score (nSPS) is 11.5. The fraction of sp³-hybridized carbons (Fsp3) is 0.235. The average molecular weight is 377 g/mol. The largest absolute Gasteiger partial charge is 0.494 e. The maximum atomic E-state index is 12.6. The Kier molecular flexibility index (Phi) is 4.82. The van der Waals surface area contributed by atoms with E-state index in [4.69, 9.17) is 4.74 Å². The molecule has 0 fully saturated rings. The van der Waals surface area contributed by atoms with E-state index in [9.17, 15) is 8.42 Å². The maximum Gasteiger partial charge on any atom is 0.271 e. The fourth-order valence-corrected chi connectivity index (χ4v) is 4.72. The van der Waals surface area contributed by atoms with Gasteiger partial charge in [0.1, 0.15) is 15.7 Å². The van der Waals surface area contributed by atoms with E-state index in [-0.39, 0.29) is 4.21 Å². The van der Waals surface area contributed by atoms with Crippen molar-refractivity contribution in [2.24, 2.45) is 0 Å². The van der Waals surface area contributed by atoms with E-state index in [0.29, 0.717) is 18.0 Å². The Hall–Kier alpha value is -2.32. The number of nitrogens with zero attached hydrogens (tertiary/aromatic N) is 1. The summed E-state index contributed by atoms with van der Waals surface area (Å²) in [6.45, 7) is 6.35. The first kappa shape index (κ1) is 17.5. The monoisotopic (exact) mass is 377 g/mol. The Labute approximate surface area is 150 Å². The molecule has 6 nitrogen and oxygen atoms in total. The van der Waals surface area contributed by atoms with E-state index in [0.717, 1.165) is 21.8 Å². The number of anilines is 1. The summed E-state index contributed by atoms with van der Waals surface area (Å²) >= 11 is 1.19. The molecule has 25 heavy (non-hydrogen) atoms. The van der Waals surface area contributed by atoms with E-state index in [1.165, 1.54) is 11.3 Å². The predicted molar refractivity (Wildman–Crippen MR) is 99.8 cm³/mol. The summed E-state index contributed by atoms with van der Waals surface area (Å²) in [5.41, 5.74) is 3.26. The minimum atomic E-state index is -3.64. The van der Waals surface area contributed by atoms with Crippen LogP contribution in [0.3, 0.4) is 0 Å². The number of rotatable bonds is 6. The van der Waals surface area contributed by atoms with Gasteiger partial charge in [-0.1, -0.05) is 0 Å². The highest BCUT2D eigenvalue weighted by Gasteiger charge is 2.19. The molecule has 0 aliphatic rings. The van der Waals surface area contributed by atoms with Crippen LogP contribution >= 0.6 is 11.3 Å². The molecule has 3 rings (SSSR count). The van der Waals surface area contributed by atoms with Crippen LogP contribution in [0.5, 0.6) is 5.75 Å². The fourth-order valence-electron chi connectivity index (χ4n) is 2.31. The van der Waals surface area contributed by atoms with Gasteiger partial charge in [0.2, 0.25) is 0 Å². The molecule has 3 aromatic rings. The van der Waals surface area contributed by atoms with Gasteiger partial charge in [0, 0.05) is 11.4 Å². The molecule has 0 bridgehead atoms. The van der Waals surface area contributed by atoms with Crippen molar-refractivity contribution in [2.75, 3.05) is 11.3 Å². The van der Waals surface area contributed by atoms with Gasteiger partial charge in [-0.3, -0.25) is 9.82 Å². The molecule has 0 aliphatic carbocycles. The van der Waals surface area contributed by atoms with Gasteiger partial charge < -0.3 is 4.74 Å². The van der Waals surface area contributed by atoms with Crippen LogP contribution in [-0.2, 0) is 10.0 Å². The quantitative estimate of drug-likeness (QED) is 0.681. The van der Waals surface area contributed by atoms with Crippen molar-refractivity contribution in [1.29, 1.82) is 0 Å². The Morgan fingerprint density at radius 1 is 1.16 bits per heavy atom. The summed E-state index contributed by atoms with van der Waals surface area (Å²) in [6, 6.07) is 10.2. The third kappa shape index (κ3) is 3.69. The average Bonchev–Trinajstić information content (AvgIpc) is 3.18. The van der Waals surface area contributed by atoms with Gasteiger partial charge in [-0.05, 0) is 62.7 Å². The molecular weight excluding hydrogens is 358 g/mol. The zero-order chi connectivity index (χ0) is 18.0. The summed E-state index contributed by atoms with van der Waals surface area (Å²) in [7, 11) is -3.64.